The van der Waals surface area contributed by atoms with E-state index in [1.54, 1.807) is 0 Å². The van der Waals surface area contributed by atoms with Crippen molar-refractivity contribution in [3.05, 3.63) is 0 Å². The van der Waals surface area contributed by atoms with E-state index in [0.717, 1.165) is 26.1 Å². The molecule has 0 unspecified atom stereocenters. The Morgan fingerprint density at radius 2 is 1.07 bits per heavy atom. The minimum atomic E-state index is 0.742. The molecule has 0 aromatic rings. The molecule has 0 bridgehead atoms. The Bertz CT molecular complexity index is 82.3. The molecule has 0 atom stereocenters. The van der Waals surface area contributed by atoms with Gasteiger partial charge in [-0.3, -0.25) is 0 Å². The first-order chi connectivity index (χ1) is 6.91. The summed E-state index contributed by atoms with van der Waals surface area (Å²) in [5.74, 6) is 0. The maximum absolute atomic E-state index is 5.04. The molecular formula is C12H26O2. The van der Waals surface area contributed by atoms with Gasteiger partial charge in [-0.25, -0.2) is 9.78 Å². The summed E-state index contributed by atoms with van der Waals surface area (Å²) in [5, 5.41) is 0. The summed E-state index contributed by atoms with van der Waals surface area (Å²) in [7, 11) is 0. The van der Waals surface area contributed by atoms with Crippen molar-refractivity contribution in [3.63, 3.8) is 0 Å². The molecule has 0 aromatic heterocycles. The fourth-order valence-corrected chi connectivity index (χ4v) is 1.26. The Morgan fingerprint density at radius 1 is 0.571 bits per heavy atom. The lowest BCUT2D eigenvalue weighted by Crippen LogP contribution is -1.98. The Kier molecular flexibility index (Phi) is 12.8. The van der Waals surface area contributed by atoms with Crippen molar-refractivity contribution >= 4 is 0 Å². The SMILES string of the molecule is CCCCCCCCOOCCCC. The third kappa shape index (κ3) is 11.9. The summed E-state index contributed by atoms with van der Waals surface area (Å²) >= 11 is 0. The summed E-state index contributed by atoms with van der Waals surface area (Å²) in [6.45, 7) is 5.89. The largest absolute Gasteiger partial charge is 0.237 e. The molecule has 0 saturated carbocycles. The molecule has 2 nitrogen and oxygen atoms in total. The van der Waals surface area contributed by atoms with Crippen LogP contribution in [0, 0.1) is 0 Å². The second-order valence-electron chi connectivity index (χ2n) is 3.77. The predicted octanol–water partition coefficient (Wildman–Crippen LogP) is 4.10. The van der Waals surface area contributed by atoms with Crippen LogP contribution in [0.15, 0.2) is 0 Å². The summed E-state index contributed by atoms with van der Waals surface area (Å²) in [6, 6.07) is 0. The van der Waals surface area contributed by atoms with Gasteiger partial charge >= 0.3 is 0 Å². The van der Waals surface area contributed by atoms with E-state index in [1.165, 1.54) is 38.5 Å². The van der Waals surface area contributed by atoms with Crippen LogP contribution in [-0.4, -0.2) is 13.2 Å². The van der Waals surface area contributed by atoms with Gasteiger partial charge < -0.3 is 0 Å². The normalized spacial score (nSPS) is 10.7. The van der Waals surface area contributed by atoms with Gasteiger partial charge in [0.2, 0.25) is 0 Å². The zero-order valence-electron chi connectivity index (χ0n) is 9.89. The van der Waals surface area contributed by atoms with Gasteiger partial charge in [0.05, 0.1) is 13.2 Å². The van der Waals surface area contributed by atoms with Crippen molar-refractivity contribution in [2.75, 3.05) is 13.2 Å². The minimum absolute atomic E-state index is 0.742. The van der Waals surface area contributed by atoms with Crippen molar-refractivity contribution in [2.24, 2.45) is 0 Å². The molecule has 0 amide bonds. The van der Waals surface area contributed by atoms with Crippen LogP contribution in [0.2, 0.25) is 0 Å². The zero-order valence-corrected chi connectivity index (χ0v) is 9.89. The summed E-state index contributed by atoms with van der Waals surface area (Å²) in [5.41, 5.74) is 0. The maximum Gasteiger partial charge on any atom is 0.0822 e. The van der Waals surface area contributed by atoms with Crippen molar-refractivity contribution in [1.82, 2.24) is 0 Å². The standard InChI is InChI=1S/C12H26O2/c1-3-5-7-8-9-10-12-14-13-11-6-4-2/h3-12H2,1-2H3. The highest BCUT2D eigenvalue weighted by molar-refractivity contribution is 4.42. The Hall–Kier alpha value is -0.0800. The molecule has 0 radical (unpaired) electrons. The van der Waals surface area contributed by atoms with Gasteiger partial charge in [-0.1, -0.05) is 52.4 Å². The molecule has 14 heavy (non-hydrogen) atoms. The first-order valence-electron chi connectivity index (χ1n) is 6.16. The van der Waals surface area contributed by atoms with Crippen LogP contribution in [0.3, 0.4) is 0 Å². The van der Waals surface area contributed by atoms with Crippen LogP contribution in [0.1, 0.15) is 65.2 Å². The third-order valence-corrected chi connectivity index (χ3v) is 2.25. The van der Waals surface area contributed by atoms with Crippen LogP contribution in [0.5, 0.6) is 0 Å². The molecule has 0 aliphatic heterocycles. The molecule has 0 fully saturated rings. The van der Waals surface area contributed by atoms with E-state index < -0.39 is 0 Å². The fourth-order valence-electron chi connectivity index (χ4n) is 1.26. The molecule has 0 aromatic carbocycles. The topological polar surface area (TPSA) is 18.5 Å². The van der Waals surface area contributed by atoms with Crippen molar-refractivity contribution in [1.29, 1.82) is 0 Å². The third-order valence-electron chi connectivity index (χ3n) is 2.25. The first kappa shape index (κ1) is 13.9. The summed E-state index contributed by atoms with van der Waals surface area (Å²) in [6.07, 6.45) is 10.1. The van der Waals surface area contributed by atoms with Gasteiger partial charge in [0.1, 0.15) is 0 Å². The van der Waals surface area contributed by atoms with Crippen LogP contribution in [0.25, 0.3) is 0 Å². The minimum Gasteiger partial charge on any atom is -0.237 e. The van der Waals surface area contributed by atoms with Gasteiger partial charge in [0.15, 0.2) is 0 Å². The van der Waals surface area contributed by atoms with E-state index in [4.69, 9.17) is 9.78 Å². The van der Waals surface area contributed by atoms with E-state index in [2.05, 4.69) is 13.8 Å². The van der Waals surface area contributed by atoms with Gasteiger partial charge in [-0.2, -0.15) is 0 Å². The van der Waals surface area contributed by atoms with Crippen LogP contribution in [-0.2, 0) is 9.78 Å². The lowest BCUT2D eigenvalue weighted by Gasteiger charge is -2.03. The molecule has 0 spiro atoms. The predicted molar refractivity (Wildman–Crippen MR) is 60.2 cm³/mol. The van der Waals surface area contributed by atoms with Gasteiger partial charge in [0, 0.05) is 0 Å². The van der Waals surface area contributed by atoms with Crippen LogP contribution < -0.4 is 0 Å². The van der Waals surface area contributed by atoms with Crippen molar-refractivity contribution < 1.29 is 9.78 Å². The quantitative estimate of drug-likeness (QED) is 0.285. The average molecular weight is 202 g/mol. The highest BCUT2D eigenvalue weighted by Gasteiger charge is 1.91. The van der Waals surface area contributed by atoms with Crippen molar-refractivity contribution in [3.8, 4) is 0 Å². The molecule has 0 rings (SSSR count). The van der Waals surface area contributed by atoms with Gasteiger partial charge in [-0.05, 0) is 12.8 Å². The summed E-state index contributed by atoms with van der Waals surface area (Å²) in [4.78, 5) is 10.0. The monoisotopic (exact) mass is 202 g/mol. The smallest absolute Gasteiger partial charge is 0.0822 e. The Balaban J connectivity index is 2.78. The van der Waals surface area contributed by atoms with E-state index in [9.17, 15) is 0 Å². The molecule has 86 valence electrons. The highest BCUT2D eigenvalue weighted by atomic mass is 17.2. The highest BCUT2D eigenvalue weighted by Crippen LogP contribution is 2.04. The number of rotatable bonds is 11. The molecule has 0 saturated heterocycles. The first-order valence-corrected chi connectivity index (χ1v) is 6.16. The van der Waals surface area contributed by atoms with E-state index >= 15 is 0 Å². The second kappa shape index (κ2) is 12.9. The molecule has 0 aliphatic carbocycles. The fraction of sp³-hybridized carbons (Fsp3) is 1.00. The zero-order chi connectivity index (χ0) is 10.5. The van der Waals surface area contributed by atoms with E-state index in [0.29, 0.717) is 0 Å². The van der Waals surface area contributed by atoms with Crippen LogP contribution in [0.4, 0.5) is 0 Å². The second-order valence-corrected chi connectivity index (χ2v) is 3.77. The summed E-state index contributed by atoms with van der Waals surface area (Å²) < 4.78 is 0. The maximum atomic E-state index is 5.04. The average Bonchev–Trinajstić information content (AvgIpc) is 2.21. The lowest BCUT2D eigenvalue weighted by atomic mass is 10.1. The van der Waals surface area contributed by atoms with Gasteiger partial charge in [0.25, 0.3) is 0 Å². The Morgan fingerprint density at radius 3 is 1.71 bits per heavy atom. The molecule has 0 heterocycles. The number of hydrogen-bond donors (Lipinski definition) is 0. The Labute approximate surface area is 88.9 Å². The lowest BCUT2D eigenvalue weighted by molar-refractivity contribution is -0.295. The molecule has 0 N–H and O–H groups in total. The van der Waals surface area contributed by atoms with Gasteiger partial charge in [-0.15, -0.1) is 0 Å². The number of unbranched alkanes of at least 4 members (excludes halogenated alkanes) is 6. The molecular weight excluding hydrogens is 176 g/mol. The molecule has 0 aliphatic rings. The van der Waals surface area contributed by atoms with Crippen molar-refractivity contribution in [2.45, 2.75) is 65.2 Å². The van der Waals surface area contributed by atoms with E-state index in [1.807, 2.05) is 0 Å². The van der Waals surface area contributed by atoms with Crippen LogP contribution >= 0.6 is 0 Å². The molecule has 2 heteroatoms. The van der Waals surface area contributed by atoms with E-state index in [-0.39, 0.29) is 0 Å². The number of hydrogen-bond acceptors (Lipinski definition) is 2.